The highest BCUT2D eigenvalue weighted by Gasteiger charge is 2.29. The molecule has 0 aromatic heterocycles. The Morgan fingerprint density at radius 2 is 1.86 bits per heavy atom. The van der Waals surface area contributed by atoms with E-state index in [1.54, 1.807) is 0 Å². The van der Waals surface area contributed by atoms with Crippen LogP contribution in [0.3, 0.4) is 0 Å². The maximum absolute atomic E-state index is 12.8. The molecule has 0 saturated heterocycles. The van der Waals surface area contributed by atoms with Gasteiger partial charge < -0.3 is 5.32 Å². The van der Waals surface area contributed by atoms with Crippen molar-refractivity contribution in [2.75, 3.05) is 6.54 Å². The SMILES string of the molecule is Fc1ccc(CCNC2CC(c3cccc(Br)c3)C2)cc1. The summed E-state index contributed by atoms with van der Waals surface area (Å²) in [6, 6.07) is 16.0. The number of rotatable bonds is 5. The van der Waals surface area contributed by atoms with Crippen molar-refractivity contribution in [2.45, 2.75) is 31.2 Å². The molecule has 0 amide bonds. The summed E-state index contributed by atoms with van der Waals surface area (Å²) in [6.07, 6.45) is 3.37. The fraction of sp³-hybridized carbons (Fsp3) is 0.333. The van der Waals surface area contributed by atoms with Crippen LogP contribution in [0.1, 0.15) is 29.9 Å². The number of hydrogen-bond acceptors (Lipinski definition) is 1. The van der Waals surface area contributed by atoms with Crippen molar-refractivity contribution in [3.05, 3.63) is 69.9 Å². The Hall–Kier alpha value is -1.19. The van der Waals surface area contributed by atoms with E-state index in [0.29, 0.717) is 12.0 Å². The first-order chi connectivity index (χ1) is 10.2. The third kappa shape index (κ3) is 3.92. The van der Waals surface area contributed by atoms with Gasteiger partial charge in [0.1, 0.15) is 5.82 Å². The highest BCUT2D eigenvalue weighted by molar-refractivity contribution is 9.10. The van der Waals surface area contributed by atoms with Crippen LogP contribution in [0.25, 0.3) is 0 Å². The molecule has 2 aromatic rings. The number of hydrogen-bond donors (Lipinski definition) is 1. The molecule has 1 fully saturated rings. The van der Waals surface area contributed by atoms with Gasteiger partial charge in [0, 0.05) is 10.5 Å². The van der Waals surface area contributed by atoms with Gasteiger partial charge in [-0.1, -0.05) is 40.2 Å². The molecule has 1 aliphatic carbocycles. The lowest BCUT2D eigenvalue weighted by atomic mass is 9.76. The first-order valence-electron chi connectivity index (χ1n) is 7.44. The van der Waals surface area contributed by atoms with Crippen molar-refractivity contribution >= 4 is 15.9 Å². The molecule has 1 aliphatic rings. The summed E-state index contributed by atoms with van der Waals surface area (Å²) >= 11 is 3.53. The van der Waals surface area contributed by atoms with Gasteiger partial charge in [-0.25, -0.2) is 4.39 Å². The quantitative estimate of drug-likeness (QED) is 0.828. The van der Waals surface area contributed by atoms with E-state index in [9.17, 15) is 4.39 Å². The van der Waals surface area contributed by atoms with Crippen LogP contribution in [0.4, 0.5) is 4.39 Å². The van der Waals surface area contributed by atoms with Gasteiger partial charge in [0.25, 0.3) is 0 Å². The van der Waals surface area contributed by atoms with Crippen LogP contribution < -0.4 is 5.32 Å². The van der Waals surface area contributed by atoms with Gasteiger partial charge in [-0.05, 0) is 67.1 Å². The summed E-state index contributed by atoms with van der Waals surface area (Å²) in [5.74, 6) is 0.522. The molecule has 0 atom stereocenters. The van der Waals surface area contributed by atoms with Gasteiger partial charge in [0.15, 0.2) is 0 Å². The van der Waals surface area contributed by atoms with Crippen molar-refractivity contribution in [3.8, 4) is 0 Å². The maximum atomic E-state index is 12.8. The molecule has 110 valence electrons. The molecule has 0 unspecified atom stereocenters. The van der Waals surface area contributed by atoms with Gasteiger partial charge in [-0.2, -0.15) is 0 Å². The number of benzene rings is 2. The van der Waals surface area contributed by atoms with E-state index < -0.39 is 0 Å². The standard InChI is InChI=1S/C18H19BrFN/c19-16-3-1-2-14(10-16)15-11-18(12-15)21-9-8-13-4-6-17(20)7-5-13/h1-7,10,15,18,21H,8-9,11-12H2. The number of nitrogens with one attached hydrogen (secondary N) is 1. The minimum absolute atomic E-state index is 0.164. The summed E-state index contributed by atoms with van der Waals surface area (Å²) in [5, 5.41) is 3.59. The molecule has 2 aromatic carbocycles. The minimum atomic E-state index is -0.164. The predicted molar refractivity (Wildman–Crippen MR) is 88.0 cm³/mol. The maximum Gasteiger partial charge on any atom is 0.123 e. The largest absolute Gasteiger partial charge is 0.314 e. The fourth-order valence-corrected chi connectivity index (χ4v) is 3.31. The molecule has 21 heavy (non-hydrogen) atoms. The smallest absolute Gasteiger partial charge is 0.123 e. The van der Waals surface area contributed by atoms with E-state index in [1.807, 2.05) is 12.1 Å². The van der Waals surface area contributed by atoms with E-state index in [4.69, 9.17) is 0 Å². The third-order valence-electron chi connectivity index (χ3n) is 4.22. The van der Waals surface area contributed by atoms with Gasteiger partial charge in [-0.3, -0.25) is 0 Å². The molecule has 1 N–H and O–H groups in total. The first kappa shape index (κ1) is 14.7. The van der Waals surface area contributed by atoms with Crippen LogP contribution in [0.5, 0.6) is 0 Å². The molecule has 0 aliphatic heterocycles. The molecule has 3 heteroatoms. The molecule has 0 bridgehead atoms. The topological polar surface area (TPSA) is 12.0 Å². The van der Waals surface area contributed by atoms with Gasteiger partial charge in [0.05, 0.1) is 0 Å². The van der Waals surface area contributed by atoms with Crippen LogP contribution in [-0.2, 0) is 6.42 Å². The van der Waals surface area contributed by atoms with E-state index in [0.717, 1.165) is 17.4 Å². The third-order valence-corrected chi connectivity index (χ3v) is 4.71. The average Bonchev–Trinajstić information content (AvgIpc) is 2.43. The molecule has 0 radical (unpaired) electrons. The molecule has 1 nitrogen and oxygen atoms in total. The summed E-state index contributed by atoms with van der Waals surface area (Å²) < 4.78 is 14.0. The Morgan fingerprint density at radius 3 is 2.57 bits per heavy atom. The predicted octanol–water partition coefficient (Wildman–Crippen LogP) is 4.67. The molecule has 1 saturated carbocycles. The second-order valence-electron chi connectivity index (χ2n) is 5.75. The monoisotopic (exact) mass is 347 g/mol. The van der Waals surface area contributed by atoms with Crippen molar-refractivity contribution < 1.29 is 4.39 Å². The second-order valence-corrected chi connectivity index (χ2v) is 6.67. The summed E-state index contributed by atoms with van der Waals surface area (Å²) in [7, 11) is 0. The number of halogens is 2. The zero-order valence-corrected chi connectivity index (χ0v) is 13.4. The molecule has 0 spiro atoms. The first-order valence-corrected chi connectivity index (χ1v) is 8.23. The van der Waals surface area contributed by atoms with E-state index in [1.165, 1.54) is 36.1 Å². The Kier molecular flexibility index (Phi) is 4.71. The second kappa shape index (κ2) is 6.71. The van der Waals surface area contributed by atoms with Crippen molar-refractivity contribution in [1.82, 2.24) is 5.32 Å². The average molecular weight is 348 g/mol. The Bertz CT molecular complexity index is 590. The van der Waals surface area contributed by atoms with Crippen LogP contribution in [0.15, 0.2) is 53.0 Å². The normalized spacial score (nSPS) is 21.0. The van der Waals surface area contributed by atoms with E-state index in [-0.39, 0.29) is 5.82 Å². The van der Waals surface area contributed by atoms with Crippen molar-refractivity contribution in [1.29, 1.82) is 0 Å². The Balaban J connectivity index is 1.40. The molecular formula is C18H19BrFN. The Morgan fingerprint density at radius 1 is 1.10 bits per heavy atom. The van der Waals surface area contributed by atoms with Crippen molar-refractivity contribution in [2.24, 2.45) is 0 Å². The van der Waals surface area contributed by atoms with Crippen LogP contribution in [-0.4, -0.2) is 12.6 Å². The summed E-state index contributed by atoms with van der Waals surface area (Å²) in [5.41, 5.74) is 2.62. The van der Waals surface area contributed by atoms with Gasteiger partial charge in [-0.15, -0.1) is 0 Å². The van der Waals surface area contributed by atoms with E-state index >= 15 is 0 Å². The van der Waals surface area contributed by atoms with Gasteiger partial charge >= 0.3 is 0 Å². The fourth-order valence-electron chi connectivity index (χ4n) is 2.89. The highest BCUT2D eigenvalue weighted by atomic mass is 79.9. The molecule has 3 rings (SSSR count). The zero-order valence-electron chi connectivity index (χ0n) is 11.9. The van der Waals surface area contributed by atoms with Gasteiger partial charge in [0.2, 0.25) is 0 Å². The zero-order chi connectivity index (χ0) is 14.7. The lowest BCUT2D eigenvalue weighted by molar-refractivity contribution is 0.292. The molecule has 0 heterocycles. The van der Waals surface area contributed by atoms with Crippen LogP contribution in [0.2, 0.25) is 0 Å². The van der Waals surface area contributed by atoms with Crippen LogP contribution >= 0.6 is 15.9 Å². The summed E-state index contributed by atoms with van der Waals surface area (Å²) in [4.78, 5) is 0. The van der Waals surface area contributed by atoms with Crippen molar-refractivity contribution in [3.63, 3.8) is 0 Å². The lowest BCUT2D eigenvalue weighted by Crippen LogP contribution is -2.40. The minimum Gasteiger partial charge on any atom is -0.314 e. The highest BCUT2D eigenvalue weighted by Crippen LogP contribution is 2.37. The molecular weight excluding hydrogens is 329 g/mol. The van der Waals surface area contributed by atoms with Crippen LogP contribution in [0, 0.1) is 5.82 Å². The summed E-state index contributed by atoms with van der Waals surface area (Å²) in [6.45, 7) is 0.960. The Labute approximate surface area is 133 Å². The lowest BCUT2D eigenvalue weighted by Gasteiger charge is -2.36. The van der Waals surface area contributed by atoms with E-state index in [2.05, 4.69) is 45.5 Å².